The van der Waals surface area contributed by atoms with E-state index in [2.05, 4.69) is 16.4 Å². The number of ether oxygens (including phenoxy) is 2. The Morgan fingerprint density at radius 1 is 0.824 bits per heavy atom. The minimum absolute atomic E-state index is 0.637. The lowest BCUT2D eigenvalue weighted by atomic mass is 10.2. The van der Waals surface area contributed by atoms with Crippen LogP contribution in [0.4, 0.5) is 26.3 Å². The lowest BCUT2D eigenvalue weighted by Gasteiger charge is -2.15. The van der Waals surface area contributed by atoms with Crippen molar-refractivity contribution in [3.8, 4) is 11.5 Å². The molecule has 2 nitrogen and oxygen atoms in total. The Kier molecular flexibility index (Phi) is 3.44. The lowest BCUT2D eigenvalue weighted by Crippen LogP contribution is -2.20. The highest BCUT2D eigenvalue weighted by Gasteiger charge is 2.34. The maximum absolute atomic E-state index is 11.9. The summed E-state index contributed by atoms with van der Waals surface area (Å²) >= 11 is 0. The molecule has 0 atom stereocenters. The highest BCUT2D eigenvalue weighted by atomic mass is 19.4. The first-order valence-corrected chi connectivity index (χ1v) is 4.05. The van der Waals surface area contributed by atoms with Crippen molar-refractivity contribution in [2.24, 2.45) is 0 Å². The minimum atomic E-state index is -5.01. The normalized spacial score (nSPS) is 12.4. The van der Waals surface area contributed by atoms with Crippen LogP contribution in [0.5, 0.6) is 11.5 Å². The lowest BCUT2D eigenvalue weighted by molar-refractivity contribution is -0.276. The summed E-state index contributed by atoms with van der Waals surface area (Å²) in [5, 5.41) is 0. The van der Waals surface area contributed by atoms with Crippen LogP contribution in [0.3, 0.4) is 0 Å². The predicted molar refractivity (Wildman–Crippen MR) is 44.3 cm³/mol. The van der Waals surface area contributed by atoms with Gasteiger partial charge in [-0.15, -0.1) is 26.3 Å². The van der Waals surface area contributed by atoms with Crippen LogP contribution in [0, 0.1) is 6.92 Å². The van der Waals surface area contributed by atoms with Gasteiger partial charge in [-0.1, -0.05) is 6.07 Å². The summed E-state index contributed by atoms with van der Waals surface area (Å²) in [6, 6.07) is 2.59. The van der Waals surface area contributed by atoms with Crippen LogP contribution in [0.15, 0.2) is 18.2 Å². The van der Waals surface area contributed by atoms with Crippen LogP contribution in [-0.4, -0.2) is 12.7 Å². The molecular formula is C9H5F6O2. The second kappa shape index (κ2) is 4.34. The van der Waals surface area contributed by atoms with Gasteiger partial charge in [-0.25, -0.2) is 0 Å². The molecule has 17 heavy (non-hydrogen) atoms. The first kappa shape index (κ1) is 13.5. The number of benzene rings is 1. The highest BCUT2D eigenvalue weighted by molar-refractivity contribution is 5.46. The predicted octanol–water partition coefficient (Wildman–Crippen LogP) is 3.67. The van der Waals surface area contributed by atoms with Crippen molar-refractivity contribution in [1.82, 2.24) is 0 Å². The third-order valence-electron chi connectivity index (χ3n) is 1.54. The molecule has 0 amide bonds. The summed E-state index contributed by atoms with van der Waals surface area (Å²) in [5.74, 6) is -1.70. The van der Waals surface area contributed by atoms with E-state index in [-0.39, 0.29) is 0 Å². The van der Waals surface area contributed by atoms with Gasteiger partial charge in [0.05, 0.1) is 0 Å². The molecule has 0 saturated heterocycles. The van der Waals surface area contributed by atoms with Gasteiger partial charge in [-0.3, -0.25) is 0 Å². The molecule has 0 aliphatic rings. The van der Waals surface area contributed by atoms with Gasteiger partial charge in [0.1, 0.15) is 11.5 Å². The molecule has 0 bridgehead atoms. The zero-order chi connectivity index (χ0) is 13.3. The Labute approximate surface area is 91.7 Å². The van der Waals surface area contributed by atoms with E-state index in [0.717, 1.165) is 18.2 Å². The third kappa shape index (κ3) is 4.41. The van der Waals surface area contributed by atoms with Crippen molar-refractivity contribution >= 4 is 0 Å². The average molecular weight is 259 g/mol. The smallest absolute Gasteiger partial charge is 0.405 e. The Morgan fingerprint density at radius 2 is 1.18 bits per heavy atom. The van der Waals surface area contributed by atoms with Crippen molar-refractivity contribution in [2.75, 3.05) is 0 Å². The Morgan fingerprint density at radius 3 is 1.47 bits per heavy atom. The molecule has 0 unspecified atom stereocenters. The monoisotopic (exact) mass is 259 g/mol. The molecule has 0 fully saturated rings. The third-order valence-corrected chi connectivity index (χ3v) is 1.54. The second-order valence-electron chi connectivity index (χ2n) is 2.83. The number of hydrogen-bond donors (Lipinski definition) is 0. The molecule has 1 aromatic rings. The molecule has 0 heterocycles. The van der Waals surface area contributed by atoms with E-state index in [1.807, 2.05) is 0 Å². The molecule has 0 spiro atoms. The van der Waals surface area contributed by atoms with Crippen LogP contribution in [0.25, 0.3) is 0 Å². The molecular weight excluding hydrogens is 254 g/mol. The average Bonchev–Trinajstić information content (AvgIpc) is 2.07. The van der Waals surface area contributed by atoms with Crippen molar-refractivity contribution in [2.45, 2.75) is 12.7 Å². The summed E-state index contributed by atoms with van der Waals surface area (Å²) in [4.78, 5) is 0. The standard InChI is InChI=1S/C9H5F6O2/c1-5-6(16-8(10,11)12)3-2-4-7(5)17-9(13,14)15/h2-4H,1H2. The molecule has 1 radical (unpaired) electrons. The molecule has 0 aliphatic heterocycles. The van der Waals surface area contributed by atoms with Gasteiger partial charge in [-0.05, 0) is 19.1 Å². The number of halogens is 6. The molecule has 1 aromatic carbocycles. The van der Waals surface area contributed by atoms with Crippen LogP contribution < -0.4 is 9.47 Å². The van der Waals surface area contributed by atoms with Crippen molar-refractivity contribution in [3.63, 3.8) is 0 Å². The fourth-order valence-corrected chi connectivity index (χ4v) is 0.986. The molecule has 0 N–H and O–H groups in total. The first-order valence-electron chi connectivity index (χ1n) is 4.05. The highest BCUT2D eigenvalue weighted by Crippen LogP contribution is 2.34. The Hall–Kier alpha value is -1.60. The van der Waals surface area contributed by atoms with E-state index in [1.54, 1.807) is 0 Å². The molecule has 8 heteroatoms. The summed E-state index contributed by atoms with van der Waals surface area (Å²) in [5.41, 5.74) is -0.637. The van der Waals surface area contributed by atoms with Crippen LogP contribution in [0.1, 0.15) is 5.56 Å². The van der Waals surface area contributed by atoms with Gasteiger partial charge in [0.25, 0.3) is 0 Å². The summed E-state index contributed by atoms with van der Waals surface area (Å²) in [6.07, 6.45) is -10.0. The van der Waals surface area contributed by atoms with E-state index in [1.165, 1.54) is 0 Å². The first-order chi connectivity index (χ1) is 7.58. The topological polar surface area (TPSA) is 18.5 Å². The van der Waals surface area contributed by atoms with E-state index < -0.39 is 29.8 Å². The van der Waals surface area contributed by atoms with E-state index in [0.29, 0.717) is 0 Å². The van der Waals surface area contributed by atoms with Gasteiger partial charge >= 0.3 is 12.7 Å². The molecule has 0 saturated carbocycles. The fourth-order valence-electron chi connectivity index (χ4n) is 0.986. The van der Waals surface area contributed by atoms with Gasteiger partial charge < -0.3 is 9.47 Å². The largest absolute Gasteiger partial charge is 0.573 e. The maximum atomic E-state index is 11.9. The van der Waals surface area contributed by atoms with Crippen LogP contribution >= 0.6 is 0 Å². The van der Waals surface area contributed by atoms with Gasteiger partial charge in [0.15, 0.2) is 0 Å². The fraction of sp³-hybridized carbons (Fsp3) is 0.222. The molecule has 1 rings (SSSR count). The minimum Gasteiger partial charge on any atom is -0.405 e. The van der Waals surface area contributed by atoms with E-state index >= 15 is 0 Å². The summed E-state index contributed by atoms with van der Waals surface area (Å²) in [6.45, 7) is 3.04. The van der Waals surface area contributed by atoms with Crippen LogP contribution in [0.2, 0.25) is 0 Å². The quantitative estimate of drug-likeness (QED) is 0.754. The number of hydrogen-bond acceptors (Lipinski definition) is 2. The van der Waals surface area contributed by atoms with Crippen molar-refractivity contribution in [1.29, 1.82) is 0 Å². The van der Waals surface area contributed by atoms with Crippen molar-refractivity contribution in [3.05, 3.63) is 30.7 Å². The zero-order valence-electron chi connectivity index (χ0n) is 8.02. The van der Waals surface area contributed by atoms with Crippen molar-refractivity contribution < 1.29 is 35.8 Å². The van der Waals surface area contributed by atoms with Gasteiger partial charge in [-0.2, -0.15) is 0 Å². The molecule has 0 aliphatic carbocycles. The Balaban J connectivity index is 3.00. The maximum Gasteiger partial charge on any atom is 0.573 e. The van der Waals surface area contributed by atoms with E-state index in [9.17, 15) is 26.3 Å². The Bertz CT molecular complexity index is 361. The van der Waals surface area contributed by atoms with Gasteiger partial charge in [0.2, 0.25) is 0 Å². The van der Waals surface area contributed by atoms with Gasteiger partial charge in [0, 0.05) is 5.56 Å². The zero-order valence-corrected chi connectivity index (χ0v) is 8.02. The SMILES string of the molecule is [CH2]c1c(OC(F)(F)F)cccc1OC(F)(F)F. The second-order valence-corrected chi connectivity index (χ2v) is 2.83. The van der Waals surface area contributed by atoms with E-state index in [4.69, 9.17) is 0 Å². The summed E-state index contributed by atoms with van der Waals surface area (Å²) < 4.78 is 78.2. The summed E-state index contributed by atoms with van der Waals surface area (Å²) in [7, 11) is 0. The number of rotatable bonds is 2. The number of alkyl halides is 6. The van der Waals surface area contributed by atoms with Crippen LogP contribution in [-0.2, 0) is 0 Å². The molecule has 0 aromatic heterocycles. The molecule has 95 valence electrons.